The van der Waals surface area contributed by atoms with Gasteiger partial charge in [-0.15, -0.1) is 0 Å². The summed E-state index contributed by atoms with van der Waals surface area (Å²) in [5, 5.41) is 4.10. The Balaban J connectivity index is 2.46. The van der Waals surface area contributed by atoms with Crippen molar-refractivity contribution in [1.82, 2.24) is 10.3 Å². The highest BCUT2D eigenvalue weighted by atomic mass is 35.5. The Kier molecular flexibility index (Phi) is 3.77. The molecule has 1 atom stereocenters. The Bertz CT molecular complexity index is 497. The fourth-order valence-corrected chi connectivity index (χ4v) is 2.17. The molecule has 2 aromatic rings. The lowest BCUT2D eigenvalue weighted by molar-refractivity contribution is 0.684. The summed E-state index contributed by atoms with van der Waals surface area (Å²) in [7, 11) is 1.94. The van der Waals surface area contributed by atoms with E-state index in [-0.39, 0.29) is 6.04 Å². The lowest BCUT2D eigenvalue weighted by Gasteiger charge is -2.19. The van der Waals surface area contributed by atoms with Crippen molar-refractivity contribution < 1.29 is 0 Å². The van der Waals surface area contributed by atoms with Gasteiger partial charge in [0.15, 0.2) is 0 Å². The van der Waals surface area contributed by atoms with E-state index in [1.807, 2.05) is 38.4 Å². The third-order valence-electron chi connectivity index (χ3n) is 2.93. The summed E-state index contributed by atoms with van der Waals surface area (Å²) >= 11 is 6.16. The number of benzene rings is 1. The van der Waals surface area contributed by atoms with Crippen LogP contribution in [0, 0.1) is 6.92 Å². The first kappa shape index (κ1) is 12.1. The first-order valence-corrected chi connectivity index (χ1v) is 5.94. The number of halogens is 1. The van der Waals surface area contributed by atoms with Crippen LogP contribution >= 0.6 is 11.6 Å². The van der Waals surface area contributed by atoms with Crippen LogP contribution < -0.4 is 5.32 Å². The second kappa shape index (κ2) is 5.30. The van der Waals surface area contributed by atoms with Crippen molar-refractivity contribution in [2.75, 3.05) is 7.05 Å². The Morgan fingerprint density at radius 2 is 2.06 bits per heavy atom. The fraction of sp³-hybridized carbons (Fsp3) is 0.214. The van der Waals surface area contributed by atoms with E-state index in [4.69, 9.17) is 11.6 Å². The molecule has 0 saturated carbocycles. The van der Waals surface area contributed by atoms with Gasteiger partial charge in [-0.2, -0.15) is 0 Å². The molecule has 0 aliphatic rings. The summed E-state index contributed by atoms with van der Waals surface area (Å²) in [6.45, 7) is 2.04. The van der Waals surface area contributed by atoms with Gasteiger partial charge in [0.2, 0.25) is 0 Å². The minimum absolute atomic E-state index is 0.127. The molecule has 3 heteroatoms. The summed E-state index contributed by atoms with van der Waals surface area (Å²) in [4.78, 5) is 4.16. The molecule has 1 unspecified atom stereocenters. The van der Waals surface area contributed by atoms with Crippen LogP contribution in [-0.4, -0.2) is 12.0 Å². The van der Waals surface area contributed by atoms with Crippen LogP contribution in [0.15, 0.2) is 42.7 Å². The van der Waals surface area contributed by atoms with E-state index in [1.165, 1.54) is 5.56 Å². The minimum atomic E-state index is 0.127. The predicted octanol–water partition coefficient (Wildman–Crippen LogP) is 3.35. The molecule has 0 radical (unpaired) electrons. The molecule has 88 valence electrons. The van der Waals surface area contributed by atoms with Crippen molar-refractivity contribution in [3.05, 3.63) is 64.4 Å². The van der Waals surface area contributed by atoms with Crippen LogP contribution in [0.3, 0.4) is 0 Å². The van der Waals surface area contributed by atoms with Gasteiger partial charge in [-0.3, -0.25) is 4.98 Å². The van der Waals surface area contributed by atoms with Crippen molar-refractivity contribution in [1.29, 1.82) is 0 Å². The molecule has 1 aromatic carbocycles. The molecule has 0 fully saturated rings. The van der Waals surface area contributed by atoms with Gasteiger partial charge in [0.05, 0.1) is 6.04 Å². The average molecular weight is 247 g/mol. The highest BCUT2D eigenvalue weighted by Gasteiger charge is 2.15. The van der Waals surface area contributed by atoms with Gasteiger partial charge >= 0.3 is 0 Å². The Morgan fingerprint density at radius 1 is 1.24 bits per heavy atom. The van der Waals surface area contributed by atoms with E-state index in [2.05, 4.69) is 22.4 Å². The van der Waals surface area contributed by atoms with Crippen LogP contribution in [0.25, 0.3) is 0 Å². The summed E-state index contributed by atoms with van der Waals surface area (Å²) in [5.74, 6) is 0. The first-order chi connectivity index (χ1) is 8.24. The molecule has 1 aromatic heterocycles. The molecule has 0 bridgehead atoms. The second-order valence-electron chi connectivity index (χ2n) is 3.96. The van der Waals surface area contributed by atoms with E-state index < -0.39 is 0 Å². The zero-order valence-electron chi connectivity index (χ0n) is 9.94. The maximum atomic E-state index is 6.16. The van der Waals surface area contributed by atoms with Gasteiger partial charge in [-0.05, 0) is 42.8 Å². The minimum Gasteiger partial charge on any atom is -0.309 e. The van der Waals surface area contributed by atoms with E-state index in [0.29, 0.717) is 0 Å². The molecule has 0 saturated heterocycles. The predicted molar refractivity (Wildman–Crippen MR) is 71.3 cm³/mol. The average Bonchev–Trinajstić information content (AvgIpc) is 2.37. The van der Waals surface area contributed by atoms with E-state index in [0.717, 1.165) is 16.1 Å². The SMILES string of the molecule is CNC(c1cccnc1)c1cccc(Cl)c1C. The molecular formula is C14H15ClN2. The van der Waals surface area contributed by atoms with E-state index >= 15 is 0 Å². The second-order valence-corrected chi connectivity index (χ2v) is 4.37. The number of rotatable bonds is 3. The normalized spacial score (nSPS) is 12.4. The Morgan fingerprint density at radius 3 is 2.71 bits per heavy atom. The molecule has 1 N–H and O–H groups in total. The van der Waals surface area contributed by atoms with Crippen molar-refractivity contribution in [2.45, 2.75) is 13.0 Å². The van der Waals surface area contributed by atoms with Gasteiger partial charge in [-0.25, -0.2) is 0 Å². The van der Waals surface area contributed by atoms with Crippen LogP contribution in [-0.2, 0) is 0 Å². The van der Waals surface area contributed by atoms with Gasteiger partial charge in [-0.1, -0.05) is 29.8 Å². The summed E-state index contributed by atoms with van der Waals surface area (Å²) in [5.41, 5.74) is 3.44. The van der Waals surface area contributed by atoms with Gasteiger partial charge in [0.1, 0.15) is 0 Å². The monoisotopic (exact) mass is 246 g/mol. The lowest BCUT2D eigenvalue weighted by Crippen LogP contribution is -2.18. The molecule has 2 rings (SSSR count). The number of hydrogen-bond acceptors (Lipinski definition) is 2. The highest BCUT2D eigenvalue weighted by molar-refractivity contribution is 6.31. The third kappa shape index (κ3) is 2.48. The maximum absolute atomic E-state index is 6.16. The fourth-order valence-electron chi connectivity index (χ4n) is 1.99. The number of pyridine rings is 1. The zero-order valence-corrected chi connectivity index (χ0v) is 10.7. The number of hydrogen-bond donors (Lipinski definition) is 1. The molecule has 0 amide bonds. The van der Waals surface area contributed by atoms with Crippen LogP contribution in [0.1, 0.15) is 22.7 Å². The molecule has 17 heavy (non-hydrogen) atoms. The highest BCUT2D eigenvalue weighted by Crippen LogP contribution is 2.27. The summed E-state index contributed by atoms with van der Waals surface area (Å²) in [6.07, 6.45) is 3.66. The van der Waals surface area contributed by atoms with Crippen molar-refractivity contribution in [2.24, 2.45) is 0 Å². The third-order valence-corrected chi connectivity index (χ3v) is 3.34. The molecule has 0 aliphatic carbocycles. The van der Waals surface area contributed by atoms with Crippen molar-refractivity contribution >= 4 is 11.6 Å². The Labute approximate surface area is 107 Å². The smallest absolute Gasteiger partial charge is 0.0592 e. The number of aromatic nitrogens is 1. The number of nitrogens with zero attached hydrogens (tertiary/aromatic N) is 1. The molecular weight excluding hydrogens is 232 g/mol. The summed E-state index contributed by atoms with van der Waals surface area (Å²) < 4.78 is 0. The zero-order chi connectivity index (χ0) is 12.3. The molecule has 1 heterocycles. The lowest BCUT2D eigenvalue weighted by atomic mass is 9.96. The van der Waals surface area contributed by atoms with Crippen LogP contribution in [0.4, 0.5) is 0 Å². The largest absolute Gasteiger partial charge is 0.309 e. The van der Waals surface area contributed by atoms with Gasteiger partial charge in [0.25, 0.3) is 0 Å². The molecule has 0 spiro atoms. The summed E-state index contributed by atoms with van der Waals surface area (Å²) in [6, 6.07) is 10.1. The van der Waals surface area contributed by atoms with Crippen LogP contribution in [0.2, 0.25) is 5.02 Å². The Hall–Kier alpha value is -1.38. The topological polar surface area (TPSA) is 24.9 Å². The maximum Gasteiger partial charge on any atom is 0.0592 e. The van der Waals surface area contributed by atoms with Crippen molar-refractivity contribution in [3.63, 3.8) is 0 Å². The number of nitrogens with one attached hydrogen (secondary N) is 1. The van der Waals surface area contributed by atoms with Gasteiger partial charge < -0.3 is 5.32 Å². The van der Waals surface area contributed by atoms with Gasteiger partial charge in [0, 0.05) is 17.4 Å². The van der Waals surface area contributed by atoms with E-state index in [9.17, 15) is 0 Å². The van der Waals surface area contributed by atoms with Crippen molar-refractivity contribution in [3.8, 4) is 0 Å². The van der Waals surface area contributed by atoms with E-state index in [1.54, 1.807) is 6.20 Å². The first-order valence-electron chi connectivity index (χ1n) is 5.56. The van der Waals surface area contributed by atoms with Crippen LogP contribution in [0.5, 0.6) is 0 Å². The molecule has 0 aliphatic heterocycles. The standard InChI is InChI=1S/C14H15ClN2/c1-10-12(6-3-7-13(10)15)14(16-2)11-5-4-8-17-9-11/h3-9,14,16H,1-2H3. The quantitative estimate of drug-likeness (QED) is 0.899. The molecule has 2 nitrogen and oxygen atoms in total.